The van der Waals surface area contributed by atoms with Gasteiger partial charge in [0, 0.05) is 103 Å². The zero-order valence-corrected chi connectivity index (χ0v) is 31.4. The summed E-state index contributed by atoms with van der Waals surface area (Å²) in [5, 5.41) is 3.40. The van der Waals surface area contributed by atoms with Crippen molar-refractivity contribution in [2.75, 3.05) is 0 Å². The first-order valence-corrected chi connectivity index (χ1v) is 8.17. The maximum atomic E-state index is 12.5. The molecule has 6 heteroatoms. The second kappa shape index (κ2) is 25.4. The number of benzene rings is 3. The van der Waals surface area contributed by atoms with Gasteiger partial charge in [0.15, 0.2) is 0 Å². The third-order valence-corrected chi connectivity index (χ3v) is 3.44. The normalized spacial score (nSPS) is 7.35. The van der Waals surface area contributed by atoms with Gasteiger partial charge >= 0.3 is 0 Å². The summed E-state index contributed by atoms with van der Waals surface area (Å²) in [6.45, 7) is 8.00. The third kappa shape index (κ3) is 11.7. The molecular weight excluding hydrogens is 894 g/mol. The first-order chi connectivity index (χ1) is 11.3. The van der Waals surface area contributed by atoms with E-state index in [9.17, 15) is 4.79 Å². The Balaban J connectivity index is -0.0000000913. The van der Waals surface area contributed by atoms with Gasteiger partial charge in [-0.2, -0.15) is 0 Å². The molecule has 4 aromatic rings. The minimum absolute atomic E-state index is 0. The van der Waals surface area contributed by atoms with E-state index in [1.807, 2.05) is 82.3 Å². The van der Waals surface area contributed by atoms with Crippen LogP contribution in [-0.2, 0) is 72.3 Å². The van der Waals surface area contributed by atoms with Crippen molar-refractivity contribution in [2.45, 2.75) is 27.7 Å². The molecule has 0 aliphatic heterocycles. The summed E-state index contributed by atoms with van der Waals surface area (Å²) < 4.78 is 5.84. The molecule has 0 bridgehead atoms. The van der Waals surface area contributed by atoms with Crippen molar-refractivity contribution in [3.63, 3.8) is 0 Å². The van der Waals surface area contributed by atoms with E-state index in [2.05, 4.69) is 0 Å². The van der Waals surface area contributed by atoms with Crippen molar-refractivity contribution in [3.05, 3.63) is 101 Å². The average Bonchev–Trinajstić information content (AvgIpc) is 2.64. The summed E-state index contributed by atoms with van der Waals surface area (Å²) >= 11 is 0. The smallest absolute Gasteiger partial charge is 0.200 e. The molecule has 0 saturated carbocycles. The zero-order chi connectivity index (χ0) is 16.8. The minimum atomic E-state index is 0. The second-order valence-electron chi connectivity index (χ2n) is 4.62. The SMILES string of the molecule is CC.CC.O=c1c2ccccc2oc2cc3ccccc3cc12.[CH3-].[CH3-].[CH3-].[CH3-].[U].[V].[W].[Y]. The van der Waals surface area contributed by atoms with Gasteiger partial charge in [-0.25, -0.2) is 0 Å². The molecule has 1 heterocycles. The van der Waals surface area contributed by atoms with E-state index in [-0.39, 0.29) is 139 Å². The summed E-state index contributed by atoms with van der Waals surface area (Å²) in [4.78, 5) is 12.5. The van der Waals surface area contributed by atoms with Crippen molar-refractivity contribution in [1.29, 1.82) is 0 Å². The van der Waals surface area contributed by atoms with Gasteiger partial charge in [-0.05, 0) is 35.0 Å². The molecule has 0 atom stereocenters. The van der Waals surface area contributed by atoms with Crippen LogP contribution in [0.1, 0.15) is 27.7 Å². The largest absolute Gasteiger partial charge is 0.456 e. The van der Waals surface area contributed by atoms with Crippen LogP contribution < -0.4 is 5.43 Å². The molecule has 4 rings (SSSR count). The van der Waals surface area contributed by atoms with Crippen molar-refractivity contribution < 1.29 is 108 Å². The molecule has 0 fully saturated rings. The number of hydrogen-bond acceptors (Lipinski definition) is 2. The van der Waals surface area contributed by atoms with Crippen molar-refractivity contribution in [3.8, 4) is 0 Å². The molecular formula is C25H34O2UVWY-4. The van der Waals surface area contributed by atoms with E-state index < -0.39 is 0 Å². The van der Waals surface area contributed by atoms with Crippen LogP contribution >= 0.6 is 0 Å². The van der Waals surface area contributed by atoms with Gasteiger partial charge in [-0.3, -0.25) is 4.79 Å². The van der Waals surface area contributed by atoms with Crippen LogP contribution in [0.15, 0.2) is 69.9 Å². The van der Waals surface area contributed by atoms with E-state index in [4.69, 9.17) is 4.42 Å². The van der Waals surface area contributed by atoms with Crippen molar-refractivity contribution in [2.24, 2.45) is 0 Å². The fraction of sp³-hybridized carbons (Fsp3) is 0.160. The Morgan fingerprint density at radius 3 is 1.58 bits per heavy atom. The quantitative estimate of drug-likeness (QED) is 0.133. The monoisotopic (exact) mass is 928 g/mol. The van der Waals surface area contributed by atoms with Crippen LogP contribution in [0.5, 0.6) is 0 Å². The maximum Gasteiger partial charge on any atom is 0.200 e. The van der Waals surface area contributed by atoms with Crippen LogP contribution in [0.4, 0.5) is 0 Å². The van der Waals surface area contributed by atoms with Crippen LogP contribution in [-0.4, -0.2) is 0 Å². The zero-order valence-electron chi connectivity index (χ0n) is 20.0. The summed E-state index contributed by atoms with van der Waals surface area (Å²) in [6.07, 6.45) is 0. The first kappa shape index (κ1) is 49.1. The Morgan fingerprint density at radius 1 is 0.645 bits per heavy atom. The fourth-order valence-corrected chi connectivity index (χ4v) is 2.49. The van der Waals surface area contributed by atoms with E-state index in [1.54, 1.807) is 6.07 Å². The molecule has 31 heavy (non-hydrogen) atoms. The minimum Gasteiger partial charge on any atom is -0.456 e. The second-order valence-corrected chi connectivity index (χ2v) is 4.62. The Kier molecular flexibility index (Phi) is 40.3. The molecule has 3 aromatic carbocycles. The van der Waals surface area contributed by atoms with Gasteiger partial charge in [-0.15, -0.1) is 0 Å². The molecule has 0 N–H and O–H groups in total. The molecule has 0 unspecified atom stereocenters. The Hall–Kier alpha value is 0.819. The van der Waals surface area contributed by atoms with Gasteiger partial charge in [0.25, 0.3) is 0 Å². The molecule has 0 spiro atoms. The summed E-state index contributed by atoms with van der Waals surface area (Å²) in [5.74, 6) is 0. The van der Waals surface area contributed by atoms with Gasteiger partial charge in [0.05, 0.1) is 10.8 Å². The summed E-state index contributed by atoms with van der Waals surface area (Å²) in [6, 6.07) is 19.2. The van der Waals surface area contributed by atoms with Crippen LogP contribution in [0.25, 0.3) is 32.7 Å². The van der Waals surface area contributed by atoms with Crippen LogP contribution in [0.3, 0.4) is 0 Å². The topological polar surface area (TPSA) is 30.2 Å². The molecule has 0 amide bonds. The number of rotatable bonds is 0. The molecule has 0 aliphatic rings. The number of fused-ring (bicyclic) bond motifs is 3. The molecule has 2 nitrogen and oxygen atoms in total. The standard InChI is InChI=1S/C17H10O2.2C2H6.4CH3.U.V.W.Y/c18-17-13-7-3-4-8-15(13)19-16-10-12-6-2-1-5-11(12)9-14(16)17;2*1-2;;;;;;;;/h1-10H;2*1-2H3;4*1H3;;;;/q;;;4*-1;;;;. The van der Waals surface area contributed by atoms with E-state index in [0.29, 0.717) is 21.9 Å². The predicted molar refractivity (Wildman–Crippen MR) is 126 cm³/mol. The van der Waals surface area contributed by atoms with E-state index in [1.165, 1.54) is 0 Å². The molecule has 1 aromatic heterocycles. The van der Waals surface area contributed by atoms with Crippen molar-refractivity contribution >= 4 is 32.7 Å². The van der Waals surface area contributed by atoms with Gasteiger partial charge < -0.3 is 34.1 Å². The van der Waals surface area contributed by atoms with Crippen LogP contribution in [0.2, 0.25) is 0 Å². The predicted octanol–water partition coefficient (Wildman–Crippen LogP) is 7.95. The Bertz CT molecular complexity index is 1000. The number of para-hydroxylation sites is 1. The number of hydrogen-bond donors (Lipinski definition) is 0. The van der Waals surface area contributed by atoms with E-state index in [0.717, 1.165) is 10.8 Å². The summed E-state index contributed by atoms with van der Waals surface area (Å²) in [5.41, 5.74) is 1.31. The van der Waals surface area contributed by atoms with Gasteiger partial charge in [0.2, 0.25) is 5.43 Å². The van der Waals surface area contributed by atoms with Gasteiger partial charge in [-0.1, -0.05) is 64.1 Å². The maximum absolute atomic E-state index is 12.5. The fourth-order valence-electron chi connectivity index (χ4n) is 2.49. The molecule has 2 radical (unpaired) electrons. The molecule has 168 valence electrons. The average molecular weight is 928 g/mol. The van der Waals surface area contributed by atoms with E-state index >= 15 is 0 Å². The van der Waals surface area contributed by atoms with Crippen LogP contribution in [0, 0.1) is 60.8 Å². The first-order valence-electron chi connectivity index (χ1n) is 8.17. The molecule has 0 saturated heterocycles. The van der Waals surface area contributed by atoms with Crippen molar-refractivity contribution in [1.82, 2.24) is 0 Å². The van der Waals surface area contributed by atoms with Gasteiger partial charge in [0.1, 0.15) is 11.2 Å². The third-order valence-electron chi connectivity index (χ3n) is 3.44. The Labute approximate surface area is 265 Å². The Morgan fingerprint density at radius 2 is 1.06 bits per heavy atom. The molecule has 0 aliphatic carbocycles. The summed E-state index contributed by atoms with van der Waals surface area (Å²) in [7, 11) is 0.